The highest BCUT2D eigenvalue weighted by atomic mass is 16.6. The molecule has 0 aliphatic rings. The quantitative estimate of drug-likeness (QED) is 0.720. The molecule has 0 aliphatic heterocycles. The first kappa shape index (κ1) is 15.7. The van der Waals surface area contributed by atoms with Crippen LogP contribution in [0.4, 0.5) is 4.79 Å². The van der Waals surface area contributed by atoms with Crippen molar-refractivity contribution < 1.29 is 24.2 Å². The van der Waals surface area contributed by atoms with Gasteiger partial charge in [-0.2, -0.15) is 0 Å². The number of amides is 2. The Balaban J connectivity index is 2.72. The number of nitrogens with zero attached hydrogens (tertiary/aromatic N) is 1. The van der Waals surface area contributed by atoms with E-state index < -0.39 is 23.8 Å². The Hall–Kier alpha value is -2.35. The van der Waals surface area contributed by atoms with Crippen molar-refractivity contribution in [3.05, 3.63) is 12.3 Å². The molecule has 0 fully saturated rings. The lowest BCUT2D eigenvalue weighted by molar-refractivity contribution is -0.121. The molecule has 0 saturated carbocycles. The van der Waals surface area contributed by atoms with E-state index in [-0.39, 0.29) is 11.6 Å². The standard InChI is InChI=1S/C12H17N3O5/c1-3-6-19-8-4-5-14-11(9(8)16)20-12(18)15-10(17)7(2)13/h4-5,7,16H,3,6,13H2,1-2H3,(H,15,17,18)/t7-/m0/s1. The highest BCUT2D eigenvalue weighted by Crippen LogP contribution is 2.33. The van der Waals surface area contributed by atoms with Crippen LogP contribution in [0.15, 0.2) is 12.3 Å². The molecule has 1 aromatic heterocycles. The van der Waals surface area contributed by atoms with Crippen LogP contribution >= 0.6 is 0 Å². The lowest BCUT2D eigenvalue weighted by Crippen LogP contribution is -2.42. The van der Waals surface area contributed by atoms with Gasteiger partial charge in [0.1, 0.15) is 0 Å². The maximum absolute atomic E-state index is 11.4. The summed E-state index contributed by atoms with van der Waals surface area (Å²) >= 11 is 0. The lowest BCUT2D eigenvalue weighted by atomic mass is 10.3. The Bertz CT molecular complexity index is 490. The van der Waals surface area contributed by atoms with E-state index in [2.05, 4.69) is 4.98 Å². The number of aromatic hydroxyl groups is 1. The Labute approximate surface area is 115 Å². The van der Waals surface area contributed by atoms with Gasteiger partial charge in [0, 0.05) is 12.3 Å². The number of carbonyl (C=O) groups excluding carboxylic acids is 2. The van der Waals surface area contributed by atoms with Crippen LogP contribution < -0.4 is 20.5 Å². The Morgan fingerprint density at radius 2 is 2.25 bits per heavy atom. The second kappa shape index (κ2) is 7.29. The van der Waals surface area contributed by atoms with Crippen molar-refractivity contribution >= 4 is 12.0 Å². The Kier molecular flexibility index (Phi) is 5.73. The third kappa shape index (κ3) is 4.39. The van der Waals surface area contributed by atoms with Gasteiger partial charge in [-0.05, 0) is 13.3 Å². The maximum Gasteiger partial charge on any atom is 0.420 e. The molecule has 1 aromatic rings. The SMILES string of the molecule is CCCOc1ccnc(OC(=O)NC(=O)[C@H](C)N)c1O. The van der Waals surface area contributed by atoms with E-state index in [1.165, 1.54) is 19.2 Å². The van der Waals surface area contributed by atoms with E-state index in [4.69, 9.17) is 15.2 Å². The average Bonchev–Trinajstić information content (AvgIpc) is 2.39. The second-order valence-electron chi connectivity index (χ2n) is 3.98. The average molecular weight is 283 g/mol. The van der Waals surface area contributed by atoms with Crippen LogP contribution in [0.5, 0.6) is 17.4 Å². The fourth-order valence-electron chi connectivity index (χ4n) is 1.15. The normalized spacial score (nSPS) is 11.6. The summed E-state index contributed by atoms with van der Waals surface area (Å²) in [6.45, 7) is 3.71. The van der Waals surface area contributed by atoms with Crippen LogP contribution in [0.25, 0.3) is 0 Å². The third-order valence-electron chi connectivity index (χ3n) is 2.14. The minimum Gasteiger partial charge on any atom is -0.501 e. The van der Waals surface area contributed by atoms with E-state index in [1.807, 2.05) is 12.2 Å². The fourth-order valence-corrected chi connectivity index (χ4v) is 1.15. The molecule has 0 aliphatic carbocycles. The van der Waals surface area contributed by atoms with Crippen LogP contribution in [0.3, 0.4) is 0 Å². The van der Waals surface area contributed by atoms with Crippen molar-refractivity contribution in [1.29, 1.82) is 0 Å². The molecule has 0 aromatic carbocycles. The zero-order chi connectivity index (χ0) is 15.1. The van der Waals surface area contributed by atoms with Crippen molar-refractivity contribution in [3.8, 4) is 17.4 Å². The molecule has 8 nitrogen and oxygen atoms in total. The predicted octanol–water partition coefficient (Wildman–Crippen LogP) is 0.538. The molecule has 4 N–H and O–H groups in total. The van der Waals surface area contributed by atoms with Crippen LogP contribution in [-0.4, -0.2) is 34.7 Å². The molecule has 110 valence electrons. The van der Waals surface area contributed by atoms with Gasteiger partial charge in [0.25, 0.3) is 5.88 Å². The van der Waals surface area contributed by atoms with Crippen molar-refractivity contribution in [1.82, 2.24) is 10.3 Å². The summed E-state index contributed by atoms with van der Waals surface area (Å²) in [7, 11) is 0. The number of rotatable bonds is 5. The topological polar surface area (TPSA) is 124 Å². The van der Waals surface area contributed by atoms with Gasteiger partial charge >= 0.3 is 6.09 Å². The number of pyridine rings is 1. The van der Waals surface area contributed by atoms with Crippen LogP contribution in [-0.2, 0) is 4.79 Å². The number of nitrogens with one attached hydrogen (secondary N) is 1. The first-order valence-electron chi connectivity index (χ1n) is 6.04. The van der Waals surface area contributed by atoms with Gasteiger partial charge in [-0.25, -0.2) is 9.78 Å². The zero-order valence-corrected chi connectivity index (χ0v) is 11.3. The summed E-state index contributed by atoms with van der Waals surface area (Å²) < 4.78 is 9.96. The van der Waals surface area contributed by atoms with E-state index in [0.29, 0.717) is 6.61 Å². The summed E-state index contributed by atoms with van der Waals surface area (Å²) in [6.07, 6.45) is 0.977. The molecular formula is C12H17N3O5. The van der Waals surface area contributed by atoms with E-state index in [9.17, 15) is 14.7 Å². The molecule has 20 heavy (non-hydrogen) atoms. The number of ether oxygens (including phenoxy) is 2. The molecule has 0 saturated heterocycles. The molecule has 8 heteroatoms. The molecule has 0 bridgehead atoms. The van der Waals surface area contributed by atoms with Crippen molar-refractivity contribution in [2.24, 2.45) is 5.73 Å². The van der Waals surface area contributed by atoms with Crippen LogP contribution in [0, 0.1) is 0 Å². The van der Waals surface area contributed by atoms with Crippen molar-refractivity contribution in [2.45, 2.75) is 26.3 Å². The second-order valence-corrected chi connectivity index (χ2v) is 3.98. The first-order chi connectivity index (χ1) is 9.45. The van der Waals surface area contributed by atoms with Gasteiger partial charge in [0.05, 0.1) is 12.6 Å². The minimum absolute atomic E-state index is 0.142. The van der Waals surface area contributed by atoms with Gasteiger partial charge in [0.15, 0.2) is 5.75 Å². The number of imide groups is 1. The number of nitrogens with two attached hydrogens (primary N) is 1. The predicted molar refractivity (Wildman–Crippen MR) is 69.5 cm³/mol. The maximum atomic E-state index is 11.4. The van der Waals surface area contributed by atoms with Crippen LogP contribution in [0.2, 0.25) is 0 Å². The number of carbonyl (C=O) groups is 2. The van der Waals surface area contributed by atoms with Crippen molar-refractivity contribution in [2.75, 3.05) is 6.61 Å². The summed E-state index contributed by atoms with van der Waals surface area (Å²) in [6, 6.07) is 0.575. The summed E-state index contributed by atoms with van der Waals surface area (Å²) in [4.78, 5) is 26.3. The van der Waals surface area contributed by atoms with Crippen LogP contribution in [0.1, 0.15) is 20.3 Å². The molecule has 1 atom stereocenters. The van der Waals surface area contributed by atoms with Gasteiger partial charge < -0.3 is 20.3 Å². The van der Waals surface area contributed by atoms with Gasteiger partial charge in [-0.1, -0.05) is 6.92 Å². The van der Waals surface area contributed by atoms with Crippen molar-refractivity contribution in [3.63, 3.8) is 0 Å². The smallest absolute Gasteiger partial charge is 0.420 e. The largest absolute Gasteiger partial charge is 0.501 e. The van der Waals surface area contributed by atoms with Gasteiger partial charge in [0.2, 0.25) is 11.7 Å². The zero-order valence-electron chi connectivity index (χ0n) is 11.3. The van der Waals surface area contributed by atoms with Gasteiger partial charge in [-0.3, -0.25) is 10.1 Å². The molecule has 0 unspecified atom stereocenters. The monoisotopic (exact) mass is 283 g/mol. The van der Waals surface area contributed by atoms with Gasteiger partial charge in [-0.15, -0.1) is 0 Å². The molecule has 0 spiro atoms. The molecule has 1 rings (SSSR count). The lowest BCUT2D eigenvalue weighted by Gasteiger charge is -2.10. The van der Waals surface area contributed by atoms with E-state index in [1.54, 1.807) is 0 Å². The first-order valence-corrected chi connectivity index (χ1v) is 6.04. The third-order valence-corrected chi connectivity index (χ3v) is 2.14. The molecule has 1 heterocycles. The highest BCUT2D eigenvalue weighted by molar-refractivity contribution is 5.95. The van der Waals surface area contributed by atoms with E-state index >= 15 is 0 Å². The Morgan fingerprint density at radius 1 is 1.55 bits per heavy atom. The molecular weight excluding hydrogens is 266 g/mol. The fraction of sp³-hybridized carbons (Fsp3) is 0.417. The highest BCUT2D eigenvalue weighted by Gasteiger charge is 2.17. The number of hydrogen-bond donors (Lipinski definition) is 3. The number of aromatic nitrogens is 1. The molecule has 0 radical (unpaired) electrons. The molecule has 2 amide bonds. The summed E-state index contributed by atoms with van der Waals surface area (Å²) in [5.74, 6) is -1.33. The van der Waals surface area contributed by atoms with E-state index in [0.717, 1.165) is 6.42 Å². The number of hydrogen-bond acceptors (Lipinski definition) is 7. The Morgan fingerprint density at radius 3 is 2.85 bits per heavy atom. The summed E-state index contributed by atoms with van der Waals surface area (Å²) in [5, 5.41) is 11.7. The minimum atomic E-state index is -1.08. The summed E-state index contributed by atoms with van der Waals surface area (Å²) in [5.41, 5.74) is 5.28.